The highest BCUT2D eigenvalue weighted by molar-refractivity contribution is 6.32. The zero-order valence-corrected chi connectivity index (χ0v) is 15.6. The summed E-state index contributed by atoms with van der Waals surface area (Å²) < 4.78 is 41.9. The van der Waals surface area contributed by atoms with Gasteiger partial charge in [-0.1, -0.05) is 41.9 Å². The van der Waals surface area contributed by atoms with Gasteiger partial charge in [0.2, 0.25) is 0 Å². The van der Waals surface area contributed by atoms with Crippen molar-refractivity contribution in [2.24, 2.45) is 0 Å². The third kappa shape index (κ3) is 3.77. The van der Waals surface area contributed by atoms with Crippen molar-refractivity contribution in [1.82, 2.24) is 14.8 Å². The quantitative estimate of drug-likeness (QED) is 0.593. The van der Waals surface area contributed by atoms with Gasteiger partial charge in [0.1, 0.15) is 11.4 Å². The number of alkyl halides is 3. The van der Waals surface area contributed by atoms with E-state index in [-0.39, 0.29) is 28.6 Å². The third-order valence-electron chi connectivity index (χ3n) is 4.69. The molecule has 0 spiro atoms. The predicted octanol–water partition coefficient (Wildman–Crippen LogP) is 4.84. The minimum absolute atomic E-state index is 0.00457. The van der Waals surface area contributed by atoms with Crippen LogP contribution in [-0.4, -0.2) is 26.8 Å². The zero-order valence-electron chi connectivity index (χ0n) is 14.8. The number of benzene rings is 1. The first-order valence-corrected chi connectivity index (χ1v) is 9.10. The fraction of sp³-hybridized carbons (Fsp3) is 0.211. The van der Waals surface area contributed by atoms with E-state index in [9.17, 15) is 18.0 Å². The number of anilines is 2. The molecule has 2 aromatic heterocycles. The van der Waals surface area contributed by atoms with Crippen LogP contribution in [0.3, 0.4) is 0 Å². The zero-order chi connectivity index (χ0) is 20.6. The Labute approximate surface area is 168 Å². The normalized spacial score (nSPS) is 18.6. The molecule has 1 aliphatic rings. The van der Waals surface area contributed by atoms with E-state index in [1.807, 2.05) is 0 Å². The Hall–Kier alpha value is -3.07. The lowest BCUT2D eigenvalue weighted by Crippen LogP contribution is -2.36. The number of aromatic nitrogens is 3. The van der Waals surface area contributed by atoms with Gasteiger partial charge >= 0.3 is 6.18 Å². The van der Waals surface area contributed by atoms with Crippen LogP contribution in [0, 0.1) is 0 Å². The Kier molecular flexibility index (Phi) is 4.91. The maximum Gasteiger partial charge on any atom is 0.410 e. The second-order valence-corrected chi connectivity index (χ2v) is 6.91. The molecule has 3 heterocycles. The van der Waals surface area contributed by atoms with Crippen LogP contribution >= 0.6 is 11.6 Å². The lowest BCUT2D eigenvalue weighted by atomic mass is 9.96. The Balaban J connectivity index is 1.70. The third-order valence-corrected chi connectivity index (χ3v) is 4.99. The van der Waals surface area contributed by atoms with Crippen molar-refractivity contribution in [1.29, 1.82) is 0 Å². The van der Waals surface area contributed by atoms with Gasteiger partial charge in [-0.05, 0) is 17.7 Å². The van der Waals surface area contributed by atoms with Crippen LogP contribution in [0.2, 0.25) is 5.15 Å². The Morgan fingerprint density at radius 3 is 2.66 bits per heavy atom. The molecule has 4 rings (SSSR count). The molecule has 0 bridgehead atoms. The van der Waals surface area contributed by atoms with E-state index < -0.39 is 24.2 Å². The molecule has 10 heteroatoms. The molecular formula is C19H15ClF3N5O. The fourth-order valence-corrected chi connectivity index (χ4v) is 3.47. The fourth-order valence-electron chi connectivity index (χ4n) is 3.30. The monoisotopic (exact) mass is 421 g/mol. The number of fused-ring (bicyclic) bond motifs is 1. The topological polar surface area (TPSA) is 71.8 Å². The molecule has 0 fully saturated rings. The second-order valence-electron chi connectivity index (χ2n) is 6.55. The summed E-state index contributed by atoms with van der Waals surface area (Å²) in [4.78, 5) is 16.6. The number of carbonyl (C=O) groups excluding carboxylic acids is 1. The lowest BCUT2D eigenvalue weighted by molar-refractivity contribution is -0.173. The highest BCUT2D eigenvalue weighted by atomic mass is 35.5. The van der Waals surface area contributed by atoms with Crippen molar-refractivity contribution in [2.75, 3.05) is 10.6 Å². The molecular weight excluding hydrogens is 407 g/mol. The summed E-state index contributed by atoms with van der Waals surface area (Å²) in [5.74, 6) is -0.631. The summed E-state index contributed by atoms with van der Waals surface area (Å²) >= 11 is 5.95. The molecule has 0 radical (unpaired) electrons. The molecule has 0 saturated heterocycles. The van der Waals surface area contributed by atoms with Crippen molar-refractivity contribution in [3.05, 3.63) is 71.1 Å². The highest BCUT2D eigenvalue weighted by Crippen LogP contribution is 2.44. The molecule has 2 atom stereocenters. The van der Waals surface area contributed by atoms with Crippen LogP contribution < -0.4 is 10.6 Å². The summed E-state index contributed by atoms with van der Waals surface area (Å²) in [6.45, 7) is 0. The average Bonchev–Trinajstić information content (AvgIpc) is 3.13. The van der Waals surface area contributed by atoms with Gasteiger partial charge in [-0.3, -0.25) is 4.79 Å². The van der Waals surface area contributed by atoms with Gasteiger partial charge in [-0.15, -0.1) is 0 Å². The van der Waals surface area contributed by atoms with Crippen molar-refractivity contribution in [3.63, 3.8) is 0 Å². The molecule has 29 heavy (non-hydrogen) atoms. The molecule has 150 valence electrons. The van der Waals surface area contributed by atoms with Crippen molar-refractivity contribution in [2.45, 2.75) is 24.7 Å². The average molecular weight is 422 g/mol. The summed E-state index contributed by atoms with van der Waals surface area (Å²) in [5.41, 5.74) is 0.928. The molecule has 6 nitrogen and oxygen atoms in total. The van der Waals surface area contributed by atoms with Crippen LogP contribution in [0.4, 0.5) is 24.7 Å². The Bertz CT molecular complexity index is 1040. The van der Waals surface area contributed by atoms with Gasteiger partial charge in [0.25, 0.3) is 5.91 Å². The lowest BCUT2D eigenvalue weighted by Gasteiger charge is -2.34. The number of amides is 1. The van der Waals surface area contributed by atoms with E-state index in [4.69, 9.17) is 11.6 Å². The van der Waals surface area contributed by atoms with E-state index in [2.05, 4.69) is 20.7 Å². The van der Waals surface area contributed by atoms with Crippen LogP contribution in [0.15, 0.2) is 54.9 Å². The van der Waals surface area contributed by atoms with Crippen LogP contribution in [0.1, 0.15) is 34.4 Å². The highest BCUT2D eigenvalue weighted by Gasteiger charge is 2.47. The number of hydrogen-bond donors (Lipinski definition) is 2. The van der Waals surface area contributed by atoms with Crippen molar-refractivity contribution < 1.29 is 18.0 Å². The summed E-state index contributed by atoms with van der Waals surface area (Å²) in [5, 5.41) is 9.52. The van der Waals surface area contributed by atoms with E-state index >= 15 is 0 Å². The van der Waals surface area contributed by atoms with Crippen molar-refractivity contribution >= 4 is 29.0 Å². The number of pyridine rings is 1. The first-order valence-electron chi connectivity index (χ1n) is 8.72. The first-order chi connectivity index (χ1) is 13.8. The summed E-state index contributed by atoms with van der Waals surface area (Å²) in [7, 11) is 0. The Morgan fingerprint density at radius 1 is 1.21 bits per heavy atom. The van der Waals surface area contributed by atoms with Gasteiger partial charge in [0, 0.05) is 12.6 Å². The van der Waals surface area contributed by atoms with Gasteiger partial charge in [-0.2, -0.15) is 18.3 Å². The van der Waals surface area contributed by atoms with Gasteiger partial charge in [-0.25, -0.2) is 9.67 Å². The molecule has 1 aliphatic heterocycles. The van der Waals surface area contributed by atoms with E-state index in [0.717, 1.165) is 10.9 Å². The molecule has 0 aliphatic carbocycles. The van der Waals surface area contributed by atoms with Gasteiger partial charge < -0.3 is 10.6 Å². The van der Waals surface area contributed by atoms with Crippen LogP contribution in [-0.2, 0) is 0 Å². The second kappa shape index (κ2) is 7.40. The number of rotatable bonds is 3. The first kappa shape index (κ1) is 19.3. The number of nitrogens with zero attached hydrogens (tertiary/aromatic N) is 3. The predicted molar refractivity (Wildman–Crippen MR) is 102 cm³/mol. The van der Waals surface area contributed by atoms with E-state index in [0.29, 0.717) is 5.56 Å². The van der Waals surface area contributed by atoms with Gasteiger partial charge in [0.15, 0.2) is 11.2 Å². The Morgan fingerprint density at radius 2 is 1.97 bits per heavy atom. The number of halogens is 4. The molecule has 1 aromatic carbocycles. The number of nitrogens with one attached hydrogen (secondary N) is 2. The minimum atomic E-state index is -4.52. The maximum absolute atomic E-state index is 13.7. The standard InChI is InChI=1S/C19H15ClF3N5O/c20-16-13(7-4-8-24-16)27-18(29)12-10-25-28-15(19(21,22)23)9-14(26-17(12)28)11-5-2-1-3-6-11/h1-8,10,14-15,26H,9H2,(H,27,29). The molecule has 1 amide bonds. The maximum atomic E-state index is 13.7. The molecule has 0 saturated carbocycles. The summed E-state index contributed by atoms with van der Waals surface area (Å²) in [6.07, 6.45) is -2.18. The largest absolute Gasteiger partial charge is 0.410 e. The molecule has 2 unspecified atom stereocenters. The van der Waals surface area contributed by atoms with E-state index in [1.54, 1.807) is 42.5 Å². The van der Waals surface area contributed by atoms with Gasteiger partial charge in [0.05, 0.1) is 17.9 Å². The molecule has 3 aromatic rings. The molecule has 2 N–H and O–H groups in total. The smallest absolute Gasteiger partial charge is 0.363 e. The minimum Gasteiger partial charge on any atom is -0.363 e. The summed E-state index contributed by atoms with van der Waals surface area (Å²) in [6, 6.07) is 9.42. The number of carbonyl (C=O) groups is 1. The number of hydrogen-bond acceptors (Lipinski definition) is 4. The van der Waals surface area contributed by atoms with Crippen molar-refractivity contribution in [3.8, 4) is 0 Å². The SMILES string of the molecule is O=C(Nc1cccnc1Cl)c1cnn2c1NC(c1ccccc1)CC2C(F)(F)F. The van der Waals surface area contributed by atoms with E-state index in [1.165, 1.54) is 6.20 Å². The van der Waals surface area contributed by atoms with Crippen LogP contribution in [0.25, 0.3) is 0 Å². The van der Waals surface area contributed by atoms with Crippen LogP contribution in [0.5, 0.6) is 0 Å².